The maximum Gasteiger partial charge on any atom is 0.262 e. The molecule has 170 valence electrons. The molecule has 0 fully saturated rings. The summed E-state index contributed by atoms with van der Waals surface area (Å²) >= 11 is 5.25. The van der Waals surface area contributed by atoms with E-state index in [1.54, 1.807) is 60.7 Å². The highest BCUT2D eigenvalue weighted by molar-refractivity contribution is 7.80. The number of hydrogen-bond donors (Lipinski definition) is 3. The molecular formula is C25H25N3O4S. The van der Waals surface area contributed by atoms with Crippen LogP contribution < -0.4 is 25.4 Å². The van der Waals surface area contributed by atoms with Crippen molar-refractivity contribution in [1.29, 1.82) is 0 Å². The third-order valence-corrected chi connectivity index (χ3v) is 4.44. The fraction of sp³-hybridized carbons (Fsp3) is 0.160. The molecule has 0 aliphatic heterocycles. The Kier molecular flexibility index (Phi) is 8.37. The van der Waals surface area contributed by atoms with E-state index in [0.717, 1.165) is 0 Å². The van der Waals surface area contributed by atoms with Crippen LogP contribution in [0.2, 0.25) is 0 Å². The van der Waals surface area contributed by atoms with Crippen molar-refractivity contribution in [2.45, 2.75) is 20.0 Å². The van der Waals surface area contributed by atoms with E-state index in [4.69, 9.17) is 21.7 Å². The van der Waals surface area contributed by atoms with Crippen molar-refractivity contribution in [3.05, 3.63) is 84.4 Å². The van der Waals surface area contributed by atoms with E-state index in [-0.39, 0.29) is 29.6 Å². The summed E-state index contributed by atoms with van der Waals surface area (Å²) in [7, 11) is 0. The van der Waals surface area contributed by atoms with E-state index < -0.39 is 0 Å². The zero-order chi connectivity index (χ0) is 23.6. The molecule has 0 aromatic heterocycles. The van der Waals surface area contributed by atoms with Crippen molar-refractivity contribution in [3.63, 3.8) is 0 Å². The molecule has 0 saturated heterocycles. The minimum atomic E-state index is -0.342. The number of nitrogens with one attached hydrogen (secondary N) is 3. The summed E-state index contributed by atoms with van der Waals surface area (Å²) in [5.74, 6) is 0.671. The topological polar surface area (TPSA) is 88.7 Å². The van der Waals surface area contributed by atoms with Crippen LogP contribution >= 0.6 is 12.2 Å². The number of amides is 2. The normalized spacial score (nSPS) is 10.3. The van der Waals surface area contributed by atoms with Gasteiger partial charge in [0.1, 0.15) is 11.5 Å². The first-order valence-corrected chi connectivity index (χ1v) is 10.8. The predicted molar refractivity (Wildman–Crippen MR) is 133 cm³/mol. The van der Waals surface area contributed by atoms with Crippen LogP contribution in [0.25, 0.3) is 0 Å². The Hall–Kier alpha value is -3.91. The fourth-order valence-corrected chi connectivity index (χ4v) is 3.04. The second kappa shape index (κ2) is 11.6. The van der Waals surface area contributed by atoms with E-state index in [1.807, 2.05) is 32.0 Å². The first-order chi connectivity index (χ1) is 15.9. The van der Waals surface area contributed by atoms with Gasteiger partial charge in [-0.05, 0) is 80.7 Å². The van der Waals surface area contributed by atoms with Crippen LogP contribution in [0, 0.1) is 0 Å². The zero-order valence-corrected chi connectivity index (χ0v) is 19.1. The molecule has 0 bridgehead atoms. The summed E-state index contributed by atoms with van der Waals surface area (Å²) in [4.78, 5) is 24.6. The lowest BCUT2D eigenvalue weighted by Crippen LogP contribution is -2.34. The molecule has 3 aromatic rings. The maximum atomic E-state index is 12.4. The molecule has 0 unspecified atom stereocenters. The van der Waals surface area contributed by atoms with Gasteiger partial charge in [-0.25, -0.2) is 0 Å². The van der Waals surface area contributed by atoms with E-state index in [0.29, 0.717) is 28.4 Å². The minimum Gasteiger partial charge on any atom is -0.491 e. The Labute approximate surface area is 198 Å². The van der Waals surface area contributed by atoms with Crippen molar-refractivity contribution >= 4 is 40.5 Å². The third-order valence-electron chi connectivity index (χ3n) is 4.23. The number of hydrogen-bond acceptors (Lipinski definition) is 5. The van der Waals surface area contributed by atoms with E-state index in [9.17, 15) is 9.59 Å². The Morgan fingerprint density at radius 3 is 2.18 bits per heavy atom. The summed E-state index contributed by atoms with van der Waals surface area (Å²) in [5, 5.41) is 8.48. The summed E-state index contributed by atoms with van der Waals surface area (Å²) in [6.45, 7) is 3.75. The molecule has 0 spiro atoms. The minimum absolute atomic E-state index is 0.0541. The summed E-state index contributed by atoms with van der Waals surface area (Å²) in [5.41, 5.74) is 1.63. The molecule has 7 nitrogen and oxygen atoms in total. The Bertz CT molecular complexity index is 1100. The number of ether oxygens (including phenoxy) is 2. The average Bonchev–Trinajstić information content (AvgIpc) is 2.78. The van der Waals surface area contributed by atoms with Gasteiger partial charge in [0.05, 0.1) is 6.10 Å². The highest BCUT2D eigenvalue weighted by Gasteiger charge is 2.10. The van der Waals surface area contributed by atoms with Gasteiger partial charge >= 0.3 is 0 Å². The quantitative estimate of drug-likeness (QED) is 0.423. The van der Waals surface area contributed by atoms with Crippen molar-refractivity contribution in [1.82, 2.24) is 5.32 Å². The van der Waals surface area contributed by atoms with Crippen LogP contribution in [-0.4, -0.2) is 29.6 Å². The molecule has 0 atom stereocenters. The molecule has 0 heterocycles. The molecule has 3 rings (SSSR count). The Morgan fingerprint density at radius 2 is 1.52 bits per heavy atom. The average molecular weight is 464 g/mol. The van der Waals surface area contributed by atoms with Crippen LogP contribution in [0.5, 0.6) is 11.5 Å². The van der Waals surface area contributed by atoms with Gasteiger partial charge in [0.15, 0.2) is 11.7 Å². The lowest BCUT2D eigenvalue weighted by molar-refractivity contribution is -0.118. The predicted octanol–water partition coefficient (Wildman–Crippen LogP) is 4.62. The van der Waals surface area contributed by atoms with Crippen molar-refractivity contribution < 1.29 is 19.1 Å². The van der Waals surface area contributed by atoms with Crippen LogP contribution in [0.4, 0.5) is 11.4 Å². The monoisotopic (exact) mass is 463 g/mol. The molecule has 0 aliphatic rings. The lowest BCUT2D eigenvalue weighted by atomic mass is 10.2. The van der Waals surface area contributed by atoms with Gasteiger partial charge in [0.2, 0.25) is 0 Å². The molecule has 33 heavy (non-hydrogen) atoms. The molecule has 2 amide bonds. The fourth-order valence-electron chi connectivity index (χ4n) is 2.83. The number of anilines is 2. The summed E-state index contributed by atoms with van der Waals surface area (Å²) in [6, 6.07) is 22.9. The third kappa shape index (κ3) is 7.93. The van der Waals surface area contributed by atoms with Crippen LogP contribution in [0.1, 0.15) is 24.2 Å². The molecule has 3 N–H and O–H groups in total. The van der Waals surface area contributed by atoms with Crippen LogP contribution in [-0.2, 0) is 4.79 Å². The number of benzene rings is 3. The second-order valence-corrected chi connectivity index (χ2v) is 7.74. The van der Waals surface area contributed by atoms with Crippen LogP contribution in [0.15, 0.2) is 78.9 Å². The van der Waals surface area contributed by atoms with Gasteiger partial charge < -0.3 is 20.1 Å². The summed E-state index contributed by atoms with van der Waals surface area (Å²) < 4.78 is 11.0. The first-order valence-electron chi connectivity index (χ1n) is 10.4. The molecule has 8 heteroatoms. The van der Waals surface area contributed by atoms with Crippen molar-refractivity contribution in [3.8, 4) is 11.5 Å². The second-order valence-electron chi connectivity index (χ2n) is 7.33. The van der Waals surface area contributed by atoms with Gasteiger partial charge in [-0.15, -0.1) is 0 Å². The highest BCUT2D eigenvalue weighted by atomic mass is 32.1. The molecule has 0 saturated carbocycles. The Morgan fingerprint density at radius 1 is 0.848 bits per heavy atom. The van der Waals surface area contributed by atoms with E-state index in [1.165, 1.54) is 0 Å². The SMILES string of the molecule is CC(C)Oc1ccc(C(=O)NC(=S)Nc2cccc(NC(=O)COc3ccccc3)c2)cc1. The maximum absolute atomic E-state index is 12.4. The number of thiocarbonyl (C=S) groups is 1. The van der Waals surface area contributed by atoms with E-state index >= 15 is 0 Å². The molecular weight excluding hydrogens is 438 g/mol. The largest absolute Gasteiger partial charge is 0.491 e. The van der Waals surface area contributed by atoms with Gasteiger partial charge in [-0.3, -0.25) is 14.9 Å². The van der Waals surface area contributed by atoms with Gasteiger partial charge in [-0.1, -0.05) is 24.3 Å². The molecule has 0 radical (unpaired) electrons. The number of carbonyl (C=O) groups is 2. The lowest BCUT2D eigenvalue weighted by Gasteiger charge is -2.12. The number of para-hydroxylation sites is 1. The van der Waals surface area contributed by atoms with Gasteiger partial charge in [0.25, 0.3) is 11.8 Å². The first kappa shape index (κ1) is 23.7. The summed E-state index contributed by atoms with van der Waals surface area (Å²) in [6.07, 6.45) is 0.0541. The Balaban J connectivity index is 1.50. The van der Waals surface area contributed by atoms with Crippen LogP contribution in [0.3, 0.4) is 0 Å². The molecule has 0 aliphatic carbocycles. The van der Waals surface area contributed by atoms with Gasteiger partial charge in [0, 0.05) is 16.9 Å². The van der Waals surface area contributed by atoms with Crippen molar-refractivity contribution in [2.24, 2.45) is 0 Å². The standard InChI is InChI=1S/C25H25N3O4S/c1-17(2)32-22-13-11-18(12-14-22)24(30)28-25(33)27-20-8-6-7-19(15-20)26-23(29)16-31-21-9-4-3-5-10-21/h3-15,17H,16H2,1-2H3,(H,26,29)(H2,27,28,30,33). The zero-order valence-electron chi connectivity index (χ0n) is 18.3. The van der Waals surface area contributed by atoms with Gasteiger partial charge in [-0.2, -0.15) is 0 Å². The smallest absolute Gasteiger partial charge is 0.262 e. The van der Waals surface area contributed by atoms with Crippen molar-refractivity contribution in [2.75, 3.05) is 17.2 Å². The highest BCUT2D eigenvalue weighted by Crippen LogP contribution is 2.16. The number of rotatable bonds is 8. The van der Waals surface area contributed by atoms with E-state index in [2.05, 4.69) is 16.0 Å². The number of carbonyl (C=O) groups excluding carboxylic acids is 2. The molecule has 3 aromatic carbocycles.